The Kier molecular flexibility index (Phi) is 5.19. The topological polar surface area (TPSA) is 23.5 Å². The molecule has 0 spiro atoms. The Morgan fingerprint density at radius 1 is 1.18 bits per heavy atom. The summed E-state index contributed by atoms with van der Waals surface area (Å²) in [5.41, 5.74) is 0.462. The summed E-state index contributed by atoms with van der Waals surface area (Å²) in [5, 5.41) is 9.21. The van der Waals surface area contributed by atoms with Gasteiger partial charge < -0.3 is 10.0 Å². The van der Waals surface area contributed by atoms with Crippen LogP contribution < -0.4 is 0 Å². The van der Waals surface area contributed by atoms with Gasteiger partial charge in [-0.05, 0) is 42.9 Å². The molecule has 0 aromatic carbocycles. The van der Waals surface area contributed by atoms with Gasteiger partial charge in [0.05, 0.1) is 0 Å². The molecule has 0 amide bonds. The number of hydrogen-bond donors (Lipinski definition) is 2. The van der Waals surface area contributed by atoms with Crippen LogP contribution in [-0.4, -0.2) is 42.0 Å². The summed E-state index contributed by atoms with van der Waals surface area (Å²) in [6.45, 7) is 3.87. The maximum absolute atomic E-state index is 9.21. The largest absolute Gasteiger partial charge is 0.396 e. The Labute approximate surface area is 111 Å². The highest BCUT2D eigenvalue weighted by Gasteiger charge is 2.34. The van der Waals surface area contributed by atoms with E-state index >= 15 is 0 Å². The SMILES string of the molecule is OCC1CCN(CC2(CS)CCCCCC2)C1. The van der Waals surface area contributed by atoms with Gasteiger partial charge in [0.1, 0.15) is 0 Å². The first-order chi connectivity index (χ1) is 8.28. The zero-order valence-electron chi connectivity index (χ0n) is 10.9. The second kappa shape index (κ2) is 6.44. The van der Waals surface area contributed by atoms with E-state index in [1.54, 1.807) is 0 Å². The number of likely N-dealkylation sites (tertiary alicyclic amines) is 1. The average Bonchev–Trinajstić information content (AvgIpc) is 2.67. The van der Waals surface area contributed by atoms with Crippen molar-refractivity contribution in [1.82, 2.24) is 4.90 Å². The predicted octanol–water partition coefficient (Wildman–Crippen LogP) is 2.57. The normalized spacial score (nSPS) is 30.4. The van der Waals surface area contributed by atoms with Crippen molar-refractivity contribution in [1.29, 1.82) is 0 Å². The number of hydrogen-bond acceptors (Lipinski definition) is 3. The predicted molar refractivity (Wildman–Crippen MR) is 75.6 cm³/mol. The standard InChI is InChI=1S/C14H27NOS/c16-10-13-5-8-15(9-13)11-14(12-17)6-3-1-2-4-7-14/h13,16-17H,1-12H2. The lowest BCUT2D eigenvalue weighted by molar-refractivity contribution is 0.161. The minimum Gasteiger partial charge on any atom is -0.396 e. The van der Waals surface area contributed by atoms with E-state index < -0.39 is 0 Å². The van der Waals surface area contributed by atoms with Gasteiger partial charge >= 0.3 is 0 Å². The summed E-state index contributed by atoms with van der Waals surface area (Å²) in [6, 6.07) is 0. The molecule has 0 aromatic rings. The molecule has 1 saturated heterocycles. The summed E-state index contributed by atoms with van der Waals surface area (Å²) < 4.78 is 0. The van der Waals surface area contributed by atoms with Gasteiger partial charge in [0, 0.05) is 19.7 Å². The molecule has 1 aliphatic heterocycles. The number of aliphatic hydroxyl groups is 1. The average molecular weight is 257 g/mol. The van der Waals surface area contributed by atoms with Gasteiger partial charge in [-0.2, -0.15) is 12.6 Å². The minimum absolute atomic E-state index is 0.365. The van der Waals surface area contributed by atoms with E-state index in [0.29, 0.717) is 17.9 Å². The van der Waals surface area contributed by atoms with Gasteiger partial charge in [-0.3, -0.25) is 0 Å². The molecule has 2 aliphatic rings. The molecule has 1 atom stereocenters. The number of rotatable bonds is 4. The van der Waals surface area contributed by atoms with Crippen molar-refractivity contribution in [2.75, 3.05) is 32.0 Å². The third-order valence-corrected chi connectivity index (χ3v) is 5.36. The highest BCUT2D eigenvalue weighted by atomic mass is 32.1. The highest BCUT2D eigenvalue weighted by molar-refractivity contribution is 7.80. The fraction of sp³-hybridized carbons (Fsp3) is 1.00. The van der Waals surface area contributed by atoms with Crippen molar-refractivity contribution in [2.45, 2.75) is 44.9 Å². The second-order valence-electron chi connectivity index (χ2n) is 6.14. The Morgan fingerprint density at radius 3 is 2.41 bits per heavy atom. The maximum Gasteiger partial charge on any atom is 0.0471 e. The molecule has 1 heterocycles. The van der Waals surface area contributed by atoms with Crippen LogP contribution in [0.2, 0.25) is 0 Å². The zero-order valence-corrected chi connectivity index (χ0v) is 11.8. The molecule has 0 aromatic heterocycles. The van der Waals surface area contributed by atoms with E-state index in [4.69, 9.17) is 0 Å². The zero-order chi connectivity index (χ0) is 12.1. The van der Waals surface area contributed by atoms with Crippen LogP contribution >= 0.6 is 12.6 Å². The lowest BCUT2D eigenvalue weighted by atomic mass is 9.81. The van der Waals surface area contributed by atoms with Crippen LogP contribution in [0, 0.1) is 11.3 Å². The monoisotopic (exact) mass is 257 g/mol. The van der Waals surface area contributed by atoms with Crippen molar-refractivity contribution in [2.24, 2.45) is 11.3 Å². The summed E-state index contributed by atoms with van der Waals surface area (Å²) >= 11 is 4.64. The van der Waals surface area contributed by atoms with E-state index in [9.17, 15) is 5.11 Å². The fourth-order valence-corrected chi connectivity index (χ4v) is 3.94. The van der Waals surface area contributed by atoms with Gasteiger partial charge in [-0.25, -0.2) is 0 Å². The fourth-order valence-electron chi connectivity index (χ4n) is 3.52. The molecule has 1 unspecified atom stereocenters. The molecule has 1 N–H and O–H groups in total. The molecule has 2 fully saturated rings. The second-order valence-corrected chi connectivity index (χ2v) is 6.46. The van der Waals surface area contributed by atoms with Crippen LogP contribution in [0.25, 0.3) is 0 Å². The van der Waals surface area contributed by atoms with Crippen molar-refractivity contribution >= 4 is 12.6 Å². The van der Waals surface area contributed by atoms with E-state index in [2.05, 4.69) is 17.5 Å². The molecule has 17 heavy (non-hydrogen) atoms. The lowest BCUT2D eigenvalue weighted by Gasteiger charge is -2.35. The van der Waals surface area contributed by atoms with Crippen molar-refractivity contribution in [3.8, 4) is 0 Å². The molecular formula is C14H27NOS. The first-order valence-corrected chi connectivity index (χ1v) is 7.85. The number of thiol groups is 1. The van der Waals surface area contributed by atoms with E-state index in [0.717, 1.165) is 12.3 Å². The van der Waals surface area contributed by atoms with Crippen LogP contribution in [0.15, 0.2) is 0 Å². The minimum atomic E-state index is 0.365. The molecule has 3 heteroatoms. The number of nitrogens with zero attached hydrogens (tertiary/aromatic N) is 1. The molecule has 2 rings (SSSR count). The van der Waals surface area contributed by atoms with Crippen LogP contribution in [-0.2, 0) is 0 Å². The summed E-state index contributed by atoms with van der Waals surface area (Å²) in [5.74, 6) is 1.56. The quantitative estimate of drug-likeness (QED) is 0.597. The van der Waals surface area contributed by atoms with E-state index in [1.807, 2.05) is 0 Å². The molecule has 0 radical (unpaired) electrons. The lowest BCUT2D eigenvalue weighted by Crippen LogP contribution is -2.38. The Bertz CT molecular complexity index is 226. The molecule has 1 saturated carbocycles. The third-order valence-electron chi connectivity index (χ3n) is 4.69. The van der Waals surface area contributed by atoms with Crippen molar-refractivity contribution < 1.29 is 5.11 Å². The first kappa shape index (κ1) is 13.7. The molecule has 1 aliphatic carbocycles. The van der Waals surface area contributed by atoms with Gasteiger partial charge in [0.25, 0.3) is 0 Å². The molecule has 2 nitrogen and oxygen atoms in total. The number of aliphatic hydroxyl groups excluding tert-OH is 1. The summed E-state index contributed by atoms with van der Waals surface area (Å²) in [6.07, 6.45) is 9.49. The Balaban J connectivity index is 1.89. The van der Waals surface area contributed by atoms with Crippen LogP contribution in [0.5, 0.6) is 0 Å². The van der Waals surface area contributed by atoms with Crippen molar-refractivity contribution in [3.05, 3.63) is 0 Å². The van der Waals surface area contributed by atoms with Gasteiger partial charge in [0.15, 0.2) is 0 Å². The van der Waals surface area contributed by atoms with Crippen LogP contribution in [0.1, 0.15) is 44.9 Å². The first-order valence-electron chi connectivity index (χ1n) is 7.22. The smallest absolute Gasteiger partial charge is 0.0471 e. The van der Waals surface area contributed by atoms with Crippen molar-refractivity contribution in [3.63, 3.8) is 0 Å². The van der Waals surface area contributed by atoms with E-state index in [1.165, 1.54) is 58.0 Å². The van der Waals surface area contributed by atoms with Gasteiger partial charge in [0.2, 0.25) is 0 Å². The third kappa shape index (κ3) is 3.62. The van der Waals surface area contributed by atoms with Crippen LogP contribution in [0.3, 0.4) is 0 Å². The van der Waals surface area contributed by atoms with Gasteiger partial charge in [-0.1, -0.05) is 25.7 Å². The molecular weight excluding hydrogens is 230 g/mol. The van der Waals surface area contributed by atoms with Crippen LogP contribution in [0.4, 0.5) is 0 Å². The Hall–Kier alpha value is 0.270. The maximum atomic E-state index is 9.21. The van der Waals surface area contributed by atoms with E-state index in [-0.39, 0.29) is 0 Å². The molecule has 0 bridgehead atoms. The highest BCUT2D eigenvalue weighted by Crippen LogP contribution is 2.37. The summed E-state index contributed by atoms with van der Waals surface area (Å²) in [4.78, 5) is 2.57. The summed E-state index contributed by atoms with van der Waals surface area (Å²) in [7, 11) is 0. The van der Waals surface area contributed by atoms with Gasteiger partial charge in [-0.15, -0.1) is 0 Å². The Morgan fingerprint density at radius 2 is 1.88 bits per heavy atom. The molecule has 100 valence electrons.